The molecule has 8 nitrogen and oxygen atoms in total. The number of imide groups is 1. The summed E-state index contributed by atoms with van der Waals surface area (Å²) in [7, 11) is 2.85. The Kier molecular flexibility index (Phi) is 3.53. The van der Waals surface area contributed by atoms with Crippen LogP contribution in [-0.2, 0) is 9.59 Å². The number of nitrogens with zero attached hydrogens (tertiary/aromatic N) is 4. The Labute approximate surface area is 118 Å². The number of carbonyl (C=O) groups excluding carboxylic acids is 2. The highest BCUT2D eigenvalue weighted by molar-refractivity contribution is 8.14. The largest absolute Gasteiger partial charge is 0.478 e. The van der Waals surface area contributed by atoms with Crippen LogP contribution in [0, 0.1) is 0 Å². The van der Waals surface area contributed by atoms with Gasteiger partial charge < -0.3 is 5.11 Å². The van der Waals surface area contributed by atoms with Crippen LogP contribution in [0.25, 0.3) is 0 Å². The van der Waals surface area contributed by atoms with Crippen molar-refractivity contribution in [1.82, 2.24) is 4.90 Å². The van der Waals surface area contributed by atoms with Crippen molar-refractivity contribution >= 4 is 46.4 Å². The van der Waals surface area contributed by atoms with Crippen molar-refractivity contribution in [3.05, 3.63) is 12.2 Å². The van der Waals surface area contributed by atoms with E-state index < -0.39 is 17.9 Å². The number of hydrogen-bond acceptors (Lipinski definition) is 6. The number of rotatable bonds is 3. The molecule has 0 aromatic heterocycles. The molecule has 2 aliphatic rings. The summed E-state index contributed by atoms with van der Waals surface area (Å²) in [6, 6.07) is -0.492. The van der Waals surface area contributed by atoms with E-state index in [1.165, 1.54) is 18.7 Å². The zero-order chi connectivity index (χ0) is 15.0. The van der Waals surface area contributed by atoms with Gasteiger partial charge in [0.15, 0.2) is 0 Å². The second-order valence-corrected chi connectivity index (χ2v) is 5.02. The van der Waals surface area contributed by atoms with Crippen LogP contribution < -0.4 is 0 Å². The quantitative estimate of drug-likeness (QED) is 0.574. The van der Waals surface area contributed by atoms with Gasteiger partial charge in [0.1, 0.15) is 0 Å². The van der Waals surface area contributed by atoms with Crippen molar-refractivity contribution in [3.8, 4) is 0 Å². The first-order valence-corrected chi connectivity index (χ1v) is 6.45. The highest BCUT2D eigenvalue weighted by Gasteiger charge is 2.44. The van der Waals surface area contributed by atoms with Gasteiger partial charge in [0.05, 0.1) is 14.1 Å². The van der Waals surface area contributed by atoms with Gasteiger partial charge in [0, 0.05) is 11.3 Å². The molecule has 0 fully saturated rings. The number of carbonyl (C=O) groups is 3. The predicted molar refractivity (Wildman–Crippen MR) is 73.5 cm³/mol. The van der Waals surface area contributed by atoms with Crippen LogP contribution in [-0.4, -0.2) is 69.1 Å². The molecule has 0 saturated carbocycles. The summed E-state index contributed by atoms with van der Waals surface area (Å²) >= 11 is 1.05. The van der Waals surface area contributed by atoms with Crippen molar-refractivity contribution in [2.45, 2.75) is 0 Å². The zero-order valence-electron chi connectivity index (χ0n) is 10.8. The third-order valence-electron chi connectivity index (χ3n) is 2.70. The van der Waals surface area contributed by atoms with E-state index in [1.54, 1.807) is 0 Å². The number of thioether (sulfide) groups is 1. The summed E-state index contributed by atoms with van der Waals surface area (Å²) in [5, 5.41) is 8.95. The van der Waals surface area contributed by atoms with Crippen LogP contribution in [0.4, 0.5) is 4.79 Å². The molecule has 2 rings (SSSR count). The van der Waals surface area contributed by atoms with Crippen LogP contribution in [0.3, 0.4) is 0 Å². The Morgan fingerprint density at radius 3 is 2.70 bits per heavy atom. The number of hydrogen-bond donors (Lipinski definition) is 1. The number of carboxylic acids is 1. The minimum Gasteiger partial charge on any atom is -0.478 e. The molecule has 0 radical (unpaired) electrons. The van der Waals surface area contributed by atoms with Crippen LogP contribution in [0.5, 0.6) is 0 Å². The molecule has 3 amide bonds. The number of urea groups is 1. The summed E-state index contributed by atoms with van der Waals surface area (Å²) in [6.07, 6.45) is 0. The fourth-order valence-electron chi connectivity index (χ4n) is 1.53. The third-order valence-corrected chi connectivity index (χ3v) is 3.63. The lowest BCUT2D eigenvalue weighted by atomic mass is 10.2. The van der Waals surface area contributed by atoms with Gasteiger partial charge in [-0.05, 0) is 0 Å². The number of aliphatic carboxylic acids is 1. The number of carboxylic acid groups (broad SMARTS) is 1. The van der Waals surface area contributed by atoms with E-state index in [0.717, 1.165) is 16.7 Å². The average molecular weight is 295 g/mol. The fourth-order valence-corrected chi connectivity index (χ4v) is 2.26. The first-order valence-electron chi connectivity index (χ1n) is 5.47. The number of amidine groups is 2. The molecule has 0 aromatic rings. The predicted octanol–water partition coefficient (Wildman–Crippen LogP) is -0.196. The molecule has 1 N–H and O–H groups in total. The molecule has 0 aliphatic carbocycles. The Morgan fingerprint density at radius 2 is 2.10 bits per heavy atom. The zero-order valence-corrected chi connectivity index (χ0v) is 11.6. The van der Waals surface area contributed by atoms with Gasteiger partial charge >= 0.3 is 23.7 Å². The van der Waals surface area contributed by atoms with E-state index in [2.05, 4.69) is 16.6 Å². The molecule has 2 aliphatic heterocycles. The maximum absolute atomic E-state index is 11.9. The minimum absolute atomic E-state index is 0.00523. The van der Waals surface area contributed by atoms with E-state index in [1.807, 2.05) is 0 Å². The lowest BCUT2D eigenvalue weighted by Crippen LogP contribution is -2.51. The summed E-state index contributed by atoms with van der Waals surface area (Å²) in [5.74, 6) is -1.35. The molecule has 20 heavy (non-hydrogen) atoms. The Hall–Kier alpha value is -2.29. The third kappa shape index (κ3) is 2.27. The Morgan fingerprint density at radius 1 is 1.45 bits per heavy atom. The van der Waals surface area contributed by atoms with Crippen LogP contribution in [0.15, 0.2) is 22.1 Å². The van der Waals surface area contributed by atoms with E-state index in [-0.39, 0.29) is 28.0 Å². The molecular formula is C11H11N4O4S+. The van der Waals surface area contributed by atoms with Gasteiger partial charge in [0.25, 0.3) is 5.17 Å². The molecule has 104 valence electrons. The van der Waals surface area contributed by atoms with Gasteiger partial charge in [-0.25, -0.2) is 14.4 Å². The molecule has 0 bridgehead atoms. The minimum atomic E-state index is -1.10. The van der Waals surface area contributed by atoms with E-state index in [9.17, 15) is 14.4 Å². The van der Waals surface area contributed by atoms with Crippen LogP contribution in [0.2, 0.25) is 0 Å². The normalized spacial score (nSPS) is 18.0. The molecule has 0 saturated heterocycles. The fraction of sp³-hybridized carbons (Fsp3) is 0.273. The number of fused-ring (bicyclic) bond motifs is 1. The summed E-state index contributed by atoms with van der Waals surface area (Å²) < 4.78 is 1.22. The molecule has 9 heteroatoms. The van der Waals surface area contributed by atoms with Crippen LogP contribution in [0.1, 0.15) is 0 Å². The van der Waals surface area contributed by atoms with Gasteiger partial charge in [-0.1, -0.05) is 23.3 Å². The van der Waals surface area contributed by atoms with Gasteiger partial charge in [-0.15, -0.1) is 0 Å². The van der Waals surface area contributed by atoms with Gasteiger partial charge in [-0.3, -0.25) is 0 Å². The molecule has 2 heterocycles. The van der Waals surface area contributed by atoms with Crippen LogP contribution >= 0.6 is 11.8 Å². The lowest BCUT2D eigenvalue weighted by Gasteiger charge is -2.15. The van der Waals surface area contributed by atoms with Crippen molar-refractivity contribution in [2.24, 2.45) is 9.98 Å². The SMILES string of the molecule is C=C(CSC1=NC2=[N+](C)C(=O)N(C)C(=O)C2=N1)C(=O)O. The monoisotopic (exact) mass is 295 g/mol. The second kappa shape index (κ2) is 5.00. The van der Waals surface area contributed by atoms with Crippen molar-refractivity contribution in [3.63, 3.8) is 0 Å². The molecular weight excluding hydrogens is 284 g/mol. The van der Waals surface area contributed by atoms with Gasteiger partial charge in [-0.2, -0.15) is 14.5 Å². The Bertz CT molecular complexity index is 647. The summed E-state index contributed by atoms with van der Waals surface area (Å²) in [6.45, 7) is 3.39. The van der Waals surface area contributed by atoms with E-state index in [0.29, 0.717) is 0 Å². The topological polar surface area (TPSA) is 102 Å². The highest BCUT2D eigenvalue weighted by Crippen LogP contribution is 2.18. The standard InChI is InChI=1S/C11H10N4O4S/c1-5(9(17)18)4-20-10-12-6-7(13-10)14(2)11(19)15(3)8(6)16/h1,4H2,2-3H3/p+1. The number of amides is 3. The highest BCUT2D eigenvalue weighted by atomic mass is 32.2. The molecule has 0 aromatic carbocycles. The second-order valence-electron chi connectivity index (χ2n) is 4.08. The maximum atomic E-state index is 11.9. The lowest BCUT2D eigenvalue weighted by molar-refractivity contribution is -0.401. The summed E-state index contributed by atoms with van der Waals surface area (Å²) in [4.78, 5) is 43.3. The summed E-state index contributed by atoms with van der Waals surface area (Å²) in [5.41, 5.74) is 0.0867. The molecule has 0 atom stereocenters. The van der Waals surface area contributed by atoms with Gasteiger partial charge in [0.2, 0.25) is 5.71 Å². The molecule has 0 spiro atoms. The molecule has 0 unspecified atom stereocenters. The van der Waals surface area contributed by atoms with Crippen molar-refractivity contribution in [1.29, 1.82) is 0 Å². The van der Waals surface area contributed by atoms with Crippen molar-refractivity contribution in [2.75, 3.05) is 19.8 Å². The average Bonchev–Trinajstić information content (AvgIpc) is 2.84. The van der Waals surface area contributed by atoms with E-state index in [4.69, 9.17) is 5.11 Å². The first kappa shape index (κ1) is 14.1. The Balaban J connectivity index is 2.24. The first-order chi connectivity index (χ1) is 9.32. The number of aliphatic imine (C=N–C) groups is 2. The smallest absolute Gasteiger partial charge is 0.446 e. The van der Waals surface area contributed by atoms with Crippen molar-refractivity contribution < 1.29 is 24.1 Å². The van der Waals surface area contributed by atoms with E-state index >= 15 is 0 Å². The maximum Gasteiger partial charge on any atom is 0.446 e.